The minimum absolute atomic E-state index is 0.0209. The third-order valence-corrected chi connectivity index (χ3v) is 5.56. The molecule has 0 aromatic heterocycles. The molecule has 1 unspecified atom stereocenters. The smallest absolute Gasteiger partial charge is 0.253 e. The quantitative estimate of drug-likeness (QED) is 0.902. The average molecular weight is 330 g/mol. The SMILES string of the molecule is O=C(NC1CCS(=O)(=O)C1)c1ccccc1Nc1ccccc1. The fraction of sp³-hybridized carbons (Fsp3) is 0.235. The zero-order chi connectivity index (χ0) is 16.3. The Morgan fingerprint density at radius 3 is 2.39 bits per heavy atom. The number of para-hydroxylation sites is 2. The molecule has 2 aromatic carbocycles. The zero-order valence-electron chi connectivity index (χ0n) is 12.5. The Labute approximate surface area is 135 Å². The molecule has 1 aliphatic heterocycles. The lowest BCUT2D eigenvalue weighted by molar-refractivity contribution is 0.0942. The van der Waals surface area contributed by atoms with Gasteiger partial charge < -0.3 is 10.6 Å². The van der Waals surface area contributed by atoms with Gasteiger partial charge in [0.1, 0.15) is 0 Å². The van der Waals surface area contributed by atoms with Crippen LogP contribution in [0.25, 0.3) is 0 Å². The van der Waals surface area contributed by atoms with Crippen molar-refractivity contribution in [3.05, 3.63) is 60.2 Å². The first-order valence-corrected chi connectivity index (χ1v) is 9.28. The van der Waals surface area contributed by atoms with Crippen LogP contribution in [0.5, 0.6) is 0 Å². The van der Waals surface area contributed by atoms with Crippen molar-refractivity contribution < 1.29 is 13.2 Å². The van der Waals surface area contributed by atoms with Gasteiger partial charge in [0, 0.05) is 11.7 Å². The van der Waals surface area contributed by atoms with E-state index in [-0.39, 0.29) is 23.5 Å². The lowest BCUT2D eigenvalue weighted by Gasteiger charge is -2.15. The second kappa shape index (κ2) is 6.42. The highest BCUT2D eigenvalue weighted by Gasteiger charge is 2.29. The Hall–Kier alpha value is -2.34. The first kappa shape index (κ1) is 15.6. The van der Waals surface area contributed by atoms with Crippen LogP contribution in [0, 0.1) is 0 Å². The van der Waals surface area contributed by atoms with Crippen molar-refractivity contribution in [3.8, 4) is 0 Å². The topological polar surface area (TPSA) is 75.3 Å². The molecular formula is C17H18N2O3S. The largest absolute Gasteiger partial charge is 0.355 e. The van der Waals surface area contributed by atoms with Gasteiger partial charge in [0.05, 0.1) is 22.8 Å². The molecule has 5 nitrogen and oxygen atoms in total. The fourth-order valence-electron chi connectivity index (χ4n) is 2.64. The maximum Gasteiger partial charge on any atom is 0.253 e. The molecule has 2 aromatic rings. The van der Waals surface area contributed by atoms with Gasteiger partial charge in [-0.3, -0.25) is 4.79 Å². The van der Waals surface area contributed by atoms with E-state index in [2.05, 4.69) is 10.6 Å². The van der Waals surface area contributed by atoms with Crippen LogP contribution in [-0.4, -0.2) is 31.9 Å². The summed E-state index contributed by atoms with van der Waals surface area (Å²) in [5.41, 5.74) is 2.08. The van der Waals surface area contributed by atoms with E-state index in [9.17, 15) is 13.2 Å². The van der Waals surface area contributed by atoms with Gasteiger partial charge in [-0.15, -0.1) is 0 Å². The van der Waals surface area contributed by atoms with Crippen LogP contribution in [-0.2, 0) is 9.84 Å². The van der Waals surface area contributed by atoms with Gasteiger partial charge in [0.25, 0.3) is 5.91 Å². The maximum atomic E-state index is 12.5. The molecule has 1 aliphatic rings. The van der Waals surface area contributed by atoms with Crippen LogP contribution < -0.4 is 10.6 Å². The van der Waals surface area contributed by atoms with Crippen LogP contribution in [0.4, 0.5) is 11.4 Å². The maximum absolute atomic E-state index is 12.5. The number of benzene rings is 2. The summed E-state index contributed by atoms with van der Waals surface area (Å²) in [5, 5.41) is 6.03. The zero-order valence-corrected chi connectivity index (χ0v) is 13.3. The van der Waals surface area contributed by atoms with E-state index in [1.807, 2.05) is 42.5 Å². The predicted octanol–water partition coefficient (Wildman–Crippen LogP) is 2.35. The molecule has 0 aliphatic carbocycles. The highest BCUT2D eigenvalue weighted by atomic mass is 32.2. The molecule has 1 atom stereocenters. The van der Waals surface area contributed by atoms with Gasteiger partial charge in [-0.2, -0.15) is 0 Å². The summed E-state index contributed by atoms with van der Waals surface area (Å²) in [4.78, 5) is 12.5. The van der Waals surface area contributed by atoms with Gasteiger partial charge in [-0.05, 0) is 30.7 Å². The first-order chi connectivity index (χ1) is 11.0. The van der Waals surface area contributed by atoms with Crippen molar-refractivity contribution in [2.45, 2.75) is 12.5 Å². The molecule has 1 fully saturated rings. The lowest BCUT2D eigenvalue weighted by atomic mass is 10.1. The monoisotopic (exact) mass is 330 g/mol. The van der Waals surface area contributed by atoms with Crippen LogP contribution in [0.15, 0.2) is 54.6 Å². The number of amides is 1. The van der Waals surface area contributed by atoms with E-state index in [4.69, 9.17) is 0 Å². The summed E-state index contributed by atoms with van der Waals surface area (Å²) in [6.45, 7) is 0. The second-order valence-electron chi connectivity index (χ2n) is 5.61. The molecule has 1 saturated heterocycles. The Kier molecular flexibility index (Phi) is 4.34. The number of rotatable bonds is 4. The molecule has 2 N–H and O–H groups in total. The lowest BCUT2D eigenvalue weighted by Crippen LogP contribution is -2.35. The predicted molar refractivity (Wildman–Crippen MR) is 90.7 cm³/mol. The fourth-order valence-corrected chi connectivity index (χ4v) is 4.31. The van der Waals surface area contributed by atoms with Crippen molar-refractivity contribution >= 4 is 27.1 Å². The Bertz CT molecular complexity index is 804. The van der Waals surface area contributed by atoms with Crippen molar-refractivity contribution in [1.82, 2.24) is 5.32 Å². The molecule has 6 heteroatoms. The van der Waals surface area contributed by atoms with Gasteiger partial charge in [-0.1, -0.05) is 30.3 Å². The summed E-state index contributed by atoms with van der Waals surface area (Å²) in [7, 11) is -3.01. The molecule has 3 rings (SSSR count). The number of hydrogen-bond acceptors (Lipinski definition) is 4. The summed E-state index contributed by atoms with van der Waals surface area (Å²) in [6.07, 6.45) is 0.475. The summed E-state index contributed by atoms with van der Waals surface area (Å²) in [6, 6.07) is 16.5. The molecule has 120 valence electrons. The molecule has 0 bridgehead atoms. The highest BCUT2D eigenvalue weighted by Crippen LogP contribution is 2.21. The molecule has 23 heavy (non-hydrogen) atoms. The molecule has 1 amide bonds. The Morgan fingerprint density at radius 1 is 1.00 bits per heavy atom. The molecule has 1 heterocycles. The number of hydrogen-bond donors (Lipinski definition) is 2. The number of carbonyl (C=O) groups excluding carboxylic acids is 1. The third-order valence-electron chi connectivity index (χ3n) is 3.79. The van der Waals surface area contributed by atoms with Crippen LogP contribution in [0.1, 0.15) is 16.8 Å². The standard InChI is InChI=1S/C17H18N2O3S/c20-17(19-14-10-11-23(21,22)12-14)15-8-4-5-9-16(15)18-13-6-2-1-3-7-13/h1-9,14,18H,10-12H2,(H,19,20). The number of carbonyl (C=O) groups is 1. The molecule has 0 radical (unpaired) electrons. The molecule has 0 spiro atoms. The first-order valence-electron chi connectivity index (χ1n) is 7.46. The average Bonchev–Trinajstić information content (AvgIpc) is 2.87. The van der Waals surface area contributed by atoms with Crippen molar-refractivity contribution in [1.29, 1.82) is 0 Å². The van der Waals surface area contributed by atoms with Crippen LogP contribution in [0.3, 0.4) is 0 Å². The summed E-state index contributed by atoms with van der Waals surface area (Å²) < 4.78 is 23.0. The minimum atomic E-state index is -3.01. The van der Waals surface area contributed by atoms with E-state index in [0.29, 0.717) is 17.7 Å². The van der Waals surface area contributed by atoms with Gasteiger partial charge in [0.2, 0.25) is 0 Å². The van der Waals surface area contributed by atoms with E-state index in [1.54, 1.807) is 12.1 Å². The minimum Gasteiger partial charge on any atom is -0.355 e. The van der Waals surface area contributed by atoms with Crippen molar-refractivity contribution in [3.63, 3.8) is 0 Å². The van der Waals surface area contributed by atoms with E-state index >= 15 is 0 Å². The second-order valence-corrected chi connectivity index (χ2v) is 7.84. The molecule has 0 saturated carbocycles. The van der Waals surface area contributed by atoms with Crippen molar-refractivity contribution in [2.24, 2.45) is 0 Å². The number of nitrogens with one attached hydrogen (secondary N) is 2. The normalized spacial score (nSPS) is 19.2. The number of anilines is 2. The van der Waals surface area contributed by atoms with Crippen molar-refractivity contribution in [2.75, 3.05) is 16.8 Å². The van der Waals surface area contributed by atoms with E-state index in [0.717, 1.165) is 5.69 Å². The van der Waals surface area contributed by atoms with Gasteiger partial charge >= 0.3 is 0 Å². The summed E-state index contributed by atoms with van der Waals surface area (Å²) >= 11 is 0. The van der Waals surface area contributed by atoms with Crippen LogP contribution >= 0.6 is 0 Å². The van der Waals surface area contributed by atoms with Gasteiger partial charge in [0.15, 0.2) is 9.84 Å². The van der Waals surface area contributed by atoms with E-state index in [1.165, 1.54) is 0 Å². The summed E-state index contributed by atoms with van der Waals surface area (Å²) in [5.74, 6) is -0.0966. The molecular weight excluding hydrogens is 312 g/mol. The Morgan fingerprint density at radius 2 is 1.70 bits per heavy atom. The van der Waals surface area contributed by atoms with Gasteiger partial charge in [-0.25, -0.2) is 8.42 Å². The van der Waals surface area contributed by atoms with E-state index < -0.39 is 9.84 Å². The Balaban J connectivity index is 1.76. The van der Waals surface area contributed by atoms with Crippen LogP contribution in [0.2, 0.25) is 0 Å². The highest BCUT2D eigenvalue weighted by molar-refractivity contribution is 7.91. The number of sulfone groups is 1. The third kappa shape index (κ3) is 3.90.